The number of anilines is 1. The lowest BCUT2D eigenvalue weighted by atomic mass is 10.0. The van der Waals surface area contributed by atoms with Gasteiger partial charge in [0, 0.05) is 18.7 Å². The predicted octanol–water partition coefficient (Wildman–Crippen LogP) is 3.76. The molecule has 0 aromatic heterocycles. The molecule has 27 heavy (non-hydrogen) atoms. The highest BCUT2D eigenvalue weighted by Gasteiger charge is 2.35. The summed E-state index contributed by atoms with van der Waals surface area (Å²) < 4.78 is 26.5. The number of halogens is 2. The molecule has 1 heterocycles. The molecule has 0 radical (unpaired) electrons. The van der Waals surface area contributed by atoms with Gasteiger partial charge in [0.25, 0.3) is 0 Å². The average molecular weight is 372 g/mol. The van der Waals surface area contributed by atoms with Gasteiger partial charge in [-0.2, -0.15) is 0 Å². The molecule has 0 bridgehead atoms. The first-order valence-electron chi connectivity index (χ1n) is 9.03. The second-order valence-electron chi connectivity index (χ2n) is 6.83. The minimum atomic E-state index is -0.952. The average Bonchev–Trinajstić information content (AvgIpc) is 3.05. The zero-order chi connectivity index (χ0) is 19.6. The van der Waals surface area contributed by atoms with Crippen LogP contribution in [0.4, 0.5) is 14.5 Å². The maximum Gasteiger partial charge on any atom is 0.227 e. The van der Waals surface area contributed by atoms with Crippen molar-refractivity contribution in [1.82, 2.24) is 5.32 Å². The molecule has 0 aliphatic carbocycles. The fourth-order valence-corrected chi connectivity index (χ4v) is 3.27. The number of hydrogen-bond donors (Lipinski definition) is 1. The fraction of sp³-hybridized carbons (Fsp3) is 0.333. The number of benzene rings is 2. The summed E-state index contributed by atoms with van der Waals surface area (Å²) in [4.78, 5) is 26.6. The Morgan fingerprint density at radius 1 is 1.22 bits per heavy atom. The molecule has 2 unspecified atom stereocenters. The molecule has 6 heteroatoms. The number of rotatable bonds is 5. The maximum atomic E-state index is 13.4. The first-order valence-corrected chi connectivity index (χ1v) is 9.03. The van der Waals surface area contributed by atoms with Crippen molar-refractivity contribution < 1.29 is 18.4 Å². The zero-order valence-electron chi connectivity index (χ0n) is 15.3. The van der Waals surface area contributed by atoms with Gasteiger partial charge in [-0.3, -0.25) is 9.59 Å². The van der Waals surface area contributed by atoms with E-state index in [0.717, 1.165) is 29.8 Å². The van der Waals surface area contributed by atoms with Gasteiger partial charge in [-0.1, -0.05) is 25.1 Å². The summed E-state index contributed by atoms with van der Waals surface area (Å²) in [6.07, 6.45) is 0.998. The summed E-state index contributed by atoms with van der Waals surface area (Å²) in [5.74, 6) is -2.72. The number of hydrogen-bond acceptors (Lipinski definition) is 2. The van der Waals surface area contributed by atoms with Gasteiger partial charge >= 0.3 is 0 Å². The highest BCUT2D eigenvalue weighted by Crippen LogP contribution is 2.27. The second-order valence-corrected chi connectivity index (χ2v) is 6.83. The van der Waals surface area contributed by atoms with Crippen LogP contribution < -0.4 is 10.2 Å². The lowest BCUT2D eigenvalue weighted by molar-refractivity contribution is -0.126. The molecular weight excluding hydrogens is 350 g/mol. The van der Waals surface area contributed by atoms with E-state index in [1.54, 1.807) is 11.8 Å². The molecule has 4 nitrogen and oxygen atoms in total. The van der Waals surface area contributed by atoms with Gasteiger partial charge in [-0.05, 0) is 48.7 Å². The van der Waals surface area contributed by atoms with E-state index < -0.39 is 23.6 Å². The van der Waals surface area contributed by atoms with Crippen LogP contribution in [-0.4, -0.2) is 18.4 Å². The minimum Gasteiger partial charge on any atom is -0.349 e. The first-order chi connectivity index (χ1) is 12.9. The quantitative estimate of drug-likeness (QED) is 0.869. The number of carbonyl (C=O) groups is 2. The molecule has 1 saturated heterocycles. The van der Waals surface area contributed by atoms with Gasteiger partial charge in [0.2, 0.25) is 11.8 Å². The highest BCUT2D eigenvalue weighted by molar-refractivity contribution is 6.00. The first kappa shape index (κ1) is 19.0. The molecule has 2 amide bonds. The normalized spacial score (nSPS) is 17.9. The van der Waals surface area contributed by atoms with E-state index in [4.69, 9.17) is 0 Å². The molecule has 2 aromatic rings. The van der Waals surface area contributed by atoms with Gasteiger partial charge in [0.15, 0.2) is 11.6 Å². The van der Waals surface area contributed by atoms with Crippen molar-refractivity contribution in [3.8, 4) is 0 Å². The van der Waals surface area contributed by atoms with Crippen molar-refractivity contribution in [1.29, 1.82) is 0 Å². The molecule has 0 saturated carbocycles. The van der Waals surface area contributed by atoms with Crippen molar-refractivity contribution in [2.24, 2.45) is 5.92 Å². The van der Waals surface area contributed by atoms with Crippen LogP contribution in [0.3, 0.4) is 0 Å². The zero-order valence-corrected chi connectivity index (χ0v) is 15.3. The van der Waals surface area contributed by atoms with E-state index in [1.165, 1.54) is 6.07 Å². The molecule has 1 aliphatic heterocycles. The Labute approximate surface area is 157 Å². The Balaban J connectivity index is 1.67. The summed E-state index contributed by atoms with van der Waals surface area (Å²) >= 11 is 0. The molecule has 1 N–H and O–H groups in total. The Morgan fingerprint density at radius 3 is 2.70 bits per heavy atom. The number of nitrogens with zero attached hydrogens (tertiary/aromatic N) is 1. The molecule has 1 aliphatic rings. The van der Waals surface area contributed by atoms with E-state index in [-0.39, 0.29) is 18.2 Å². The van der Waals surface area contributed by atoms with Gasteiger partial charge in [0.1, 0.15) is 0 Å². The minimum absolute atomic E-state index is 0.0936. The summed E-state index contributed by atoms with van der Waals surface area (Å²) in [5, 5.41) is 2.79. The molecule has 0 spiro atoms. The van der Waals surface area contributed by atoms with Crippen molar-refractivity contribution >= 4 is 17.5 Å². The molecular formula is C21H22F2N2O2. The number of nitrogens with one attached hydrogen (secondary N) is 1. The molecule has 2 atom stereocenters. The SMILES string of the molecule is CCc1cccc(N2CC(C(=O)NC(C)c3ccc(F)c(F)c3)CC2=O)c1. The van der Waals surface area contributed by atoms with E-state index in [1.807, 2.05) is 31.2 Å². The second kappa shape index (κ2) is 7.86. The lowest BCUT2D eigenvalue weighted by Crippen LogP contribution is -2.34. The fourth-order valence-electron chi connectivity index (χ4n) is 3.27. The monoisotopic (exact) mass is 372 g/mol. The largest absolute Gasteiger partial charge is 0.349 e. The molecule has 3 rings (SSSR count). The van der Waals surface area contributed by atoms with Crippen molar-refractivity contribution in [3.63, 3.8) is 0 Å². The predicted molar refractivity (Wildman–Crippen MR) is 99.2 cm³/mol. The van der Waals surface area contributed by atoms with Gasteiger partial charge in [0.05, 0.1) is 12.0 Å². The van der Waals surface area contributed by atoms with Gasteiger partial charge in [-0.25, -0.2) is 8.78 Å². The highest BCUT2D eigenvalue weighted by atomic mass is 19.2. The Kier molecular flexibility index (Phi) is 5.54. The van der Waals surface area contributed by atoms with E-state index in [9.17, 15) is 18.4 Å². The molecule has 1 fully saturated rings. The van der Waals surface area contributed by atoms with Crippen molar-refractivity contribution in [3.05, 3.63) is 65.2 Å². The Morgan fingerprint density at radius 2 is 2.00 bits per heavy atom. The van der Waals surface area contributed by atoms with Crippen molar-refractivity contribution in [2.45, 2.75) is 32.7 Å². The van der Waals surface area contributed by atoms with Crippen LogP contribution in [0.5, 0.6) is 0 Å². The van der Waals surface area contributed by atoms with Crippen LogP contribution >= 0.6 is 0 Å². The summed E-state index contributed by atoms with van der Waals surface area (Å²) in [7, 11) is 0. The van der Waals surface area contributed by atoms with E-state index in [2.05, 4.69) is 5.32 Å². The van der Waals surface area contributed by atoms with E-state index in [0.29, 0.717) is 12.1 Å². The van der Waals surface area contributed by atoms with Crippen LogP contribution in [0.25, 0.3) is 0 Å². The summed E-state index contributed by atoms with van der Waals surface area (Å²) in [6.45, 7) is 4.05. The van der Waals surface area contributed by atoms with Gasteiger partial charge in [-0.15, -0.1) is 0 Å². The van der Waals surface area contributed by atoms with Crippen LogP contribution in [-0.2, 0) is 16.0 Å². The van der Waals surface area contributed by atoms with Gasteiger partial charge < -0.3 is 10.2 Å². The lowest BCUT2D eigenvalue weighted by Gasteiger charge is -2.19. The standard InChI is InChI=1S/C21H22F2N2O2/c1-3-14-5-4-6-17(9-14)25-12-16(11-20(25)26)21(27)24-13(2)15-7-8-18(22)19(23)10-15/h4-10,13,16H,3,11-12H2,1-2H3,(H,24,27). The third-order valence-corrected chi connectivity index (χ3v) is 4.93. The topological polar surface area (TPSA) is 49.4 Å². The number of amides is 2. The van der Waals surface area contributed by atoms with Crippen LogP contribution in [0.15, 0.2) is 42.5 Å². The maximum absolute atomic E-state index is 13.4. The van der Waals surface area contributed by atoms with Crippen LogP contribution in [0.2, 0.25) is 0 Å². The van der Waals surface area contributed by atoms with Crippen LogP contribution in [0, 0.1) is 17.6 Å². The number of aryl methyl sites for hydroxylation is 1. The summed E-state index contributed by atoms with van der Waals surface area (Å²) in [6, 6.07) is 10.8. The van der Waals surface area contributed by atoms with Crippen molar-refractivity contribution in [2.75, 3.05) is 11.4 Å². The third kappa shape index (κ3) is 4.15. The smallest absolute Gasteiger partial charge is 0.227 e. The van der Waals surface area contributed by atoms with Crippen LogP contribution in [0.1, 0.15) is 37.4 Å². The molecule has 2 aromatic carbocycles. The molecule has 142 valence electrons. The van der Waals surface area contributed by atoms with E-state index >= 15 is 0 Å². The number of carbonyl (C=O) groups excluding carboxylic acids is 2. The Hall–Kier alpha value is -2.76. The summed E-state index contributed by atoms with van der Waals surface area (Å²) in [5.41, 5.74) is 2.39. The third-order valence-electron chi connectivity index (χ3n) is 4.93. The Bertz CT molecular complexity index is 869.